The highest BCUT2D eigenvalue weighted by Crippen LogP contribution is 2.10. The quantitative estimate of drug-likeness (QED) is 0.584. The van der Waals surface area contributed by atoms with E-state index in [0.717, 1.165) is 5.56 Å². The van der Waals surface area contributed by atoms with Crippen LogP contribution < -0.4 is 11.1 Å². The third kappa shape index (κ3) is 2.07. The molecule has 0 aliphatic heterocycles. The van der Waals surface area contributed by atoms with Gasteiger partial charge in [-0.1, -0.05) is 0 Å². The molecule has 0 aliphatic carbocycles. The maximum atomic E-state index is 12.7. The Balaban J connectivity index is 1.87. The van der Waals surface area contributed by atoms with E-state index in [9.17, 15) is 9.59 Å². The van der Waals surface area contributed by atoms with Gasteiger partial charge in [-0.3, -0.25) is 9.59 Å². The first-order valence-corrected chi connectivity index (χ1v) is 7.11. The summed E-state index contributed by atoms with van der Waals surface area (Å²) >= 11 is 0. The summed E-state index contributed by atoms with van der Waals surface area (Å²) in [6.07, 6.45) is 6.69. The Morgan fingerprint density at radius 2 is 2.17 bits per heavy atom. The fraction of sp³-hybridized carbons (Fsp3) is 0.0625. The maximum absolute atomic E-state index is 12.7. The van der Waals surface area contributed by atoms with E-state index < -0.39 is 5.56 Å². The predicted octanol–water partition coefficient (Wildman–Crippen LogP) is 0.652. The van der Waals surface area contributed by atoms with Crippen LogP contribution in [0.2, 0.25) is 0 Å². The molecule has 4 rings (SSSR count). The van der Waals surface area contributed by atoms with Gasteiger partial charge in [-0.25, -0.2) is 9.50 Å². The molecular formula is C16H10N6O2. The highest BCUT2D eigenvalue weighted by molar-refractivity contribution is 5.78. The van der Waals surface area contributed by atoms with Crippen LogP contribution >= 0.6 is 0 Å². The summed E-state index contributed by atoms with van der Waals surface area (Å²) in [7, 11) is 0. The fourth-order valence-electron chi connectivity index (χ4n) is 2.62. The fourth-order valence-corrected chi connectivity index (χ4v) is 2.62. The molecule has 8 heteroatoms. The number of aromatic amines is 1. The van der Waals surface area contributed by atoms with Crippen molar-refractivity contribution in [2.24, 2.45) is 0 Å². The van der Waals surface area contributed by atoms with E-state index in [1.807, 2.05) is 0 Å². The van der Waals surface area contributed by atoms with Crippen LogP contribution in [-0.2, 0) is 6.54 Å². The molecule has 116 valence electrons. The zero-order chi connectivity index (χ0) is 16.7. The molecule has 0 amide bonds. The lowest BCUT2D eigenvalue weighted by molar-refractivity contribution is 0.770. The Morgan fingerprint density at radius 3 is 3.00 bits per heavy atom. The lowest BCUT2D eigenvalue weighted by Crippen LogP contribution is -2.22. The third-order valence-corrected chi connectivity index (χ3v) is 3.80. The summed E-state index contributed by atoms with van der Waals surface area (Å²) in [6, 6.07) is 6.52. The van der Waals surface area contributed by atoms with Crippen LogP contribution in [0.25, 0.3) is 16.6 Å². The van der Waals surface area contributed by atoms with Gasteiger partial charge in [0, 0.05) is 24.2 Å². The molecule has 0 aromatic carbocycles. The molecule has 1 N–H and O–H groups in total. The van der Waals surface area contributed by atoms with Gasteiger partial charge in [0.05, 0.1) is 23.6 Å². The number of H-pyrrole nitrogens is 1. The van der Waals surface area contributed by atoms with Crippen molar-refractivity contribution in [3.63, 3.8) is 0 Å². The Hall–Kier alpha value is -3.73. The normalized spacial score (nSPS) is 11.0. The van der Waals surface area contributed by atoms with Gasteiger partial charge in [-0.05, 0) is 18.2 Å². The van der Waals surface area contributed by atoms with Crippen LogP contribution in [0.1, 0.15) is 11.1 Å². The molecule has 0 spiro atoms. The molecule has 4 aromatic heterocycles. The minimum absolute atomic E-state index is 0.0880. The first-order chi connectivity index (χ1) is 11.7. The third-order valence-electron chi connectivity index (χ3n) is 3.80. The van der Waals surface area contributed by atoms with E-state index in [-0.39, 0.29) is 23.1 Å². The van der Waals surface area contributed by atoms with Crippen LogP contribution in [0, 0.1) is 11.3 Å². The highest BCUT2D eigenvalue weighted by atomic mass is 16.1. The van der Waals surface area contributed by atoms with Crippen molar-refractivity contribution in [1.29, 1.82) is 5.26 Å². The first kappa shape index (κ1) is 13.9. The van der Waals surface area contributed by atoms with Crippen LogP contribution in [0.5, 0.6) is 0 Å². The van der Waals surface area contributed by atoms with E-state index >= 15 is 0 Å². The SMILES string of the molecule is N#Cc1cc2c(=O)n(Cc3cnn4cccnc34)ccc2[nH]c1=O. The van der Waals surface area contributed by atoms with Gasteiger partial charge in [-0.15, -0.1) is 0 Å². The molecule has 8 nitrogen and oxygen atoms in total. The van der Waals surface area contributed by atoms with Crippen molar-refractivity contribution < 1.29 is 0 Å². The van der Waals surface area contributed by atoms with E-state index in [1.54, 1.807) is 47.5 Å². The van der Waals surface area contributed by atoms with Crippen molar-refractivity contribution >= 4 is 16.6 Å². The van der Waals surface area contributed by atoms with Gasteiger partial charge >= 0.3 is 0 Å². The zero-order valence-electron chi connectivity index (χ0n) is 12.3. The summed E-state index contributed by atoms with van der Waals surface area (Å²) in [4.78, 5) is 31.1. The minimum atomic E-state index is -0.506. The monoisotopic (exact) mass is 318 g/mol. The Morgan fingerprint density at radius 1 is 1.29 bits per heavy atom. The van der Waals surface area contributed by atoms with Crippen LogP contribution in [0.4, 0.5) is 0 Å². The zero-order valence-corrected chi connectivity index (χ0v) is 12.3. The second kappa shape index (κ2) is 5.17. The average Bonchev–Trinajstić information content (AvgIpc) is 3.00. The predicted molar refractivity (Wildman–Crippen MR) is 85.6 cm³/mol. The molecule has 0 fully saturated rings. The first-order valence-electron chi connectivity index (χ1n) is 7.11. The molecule has 0 atom stereocenters. The van der Waals surface area contributed by atoms with Gasteiger partial charge in [-0.2, -0.15) is 10.4 Å². The summed E-state index contributed by atoms with van der Waals surface area (Å²) in [6.45, 7) is 0.288. The molecule has 4 aromatic rings. The van der Waals surface area contributed by atoms with Gasteiger partial charge < -0.3 is 9.55 Å². The number of nitriles is 1. The van der Waals surface area contributed by atoms with Crippen LogP contribution in [0.15, 0.2) is 52.6 Å². The van der Waals surface area contributed by atoms with Crippen molar-refractivity contribution in [2.75, 3.05) is 0 Å². The van der Waals surface area contributed by atoms with Crippen molar-refractivity contribution in [3.05, 3.63) is 74.8 Å². The molecule has 0 aliphatic rings. The molecule has 4 heterocycles. The topological polar surface area (TPSA) is 109 Å². The number of pyridine rings is 2. The van der Waals surface area contributed by atoms with Crippen molar-refractivity contribution in [1.82, 2.24) is 24.1 Å². The molecular weight excluding hydrogens is 308 g/mol. The van der Waals surface area contributed by atoms with Gasteiger partial charge in [0.15, 0.2) is 5.65 Å². The number of aromatic nitrogens is 5. The second-order valence-corrected chi connectivity index (χ2v) is 5.26. The van der Waals surface area contributed by atoms with E-state index in [1.165, 1.54) is 10.6 Å². The number of rotatable bonds is 2. The number of fused-ring (bicyclic) bond motifs is 2. The molecule has 0 bridgehead atoms. The lowest BCUT2D eigenvalue weighted by atomic mass is 10.2. The Bertz CT molecular complexity index is 1240. The molecule has 0 saturated heterocycles. The highest BCUT2D eigenvalue weighted by Gasteiger charge is 2.10. The minimum Gasteiger partial charge on any atom is -0.321 e. The summed E-state index contributed by atoms with van der Waals surface area (Å²) in [5.41, 5.74) is 0.975. The van der Waals surface area contributed by atoms with E-state index in [0.29, 0.717) is 11.2 Å². The lowest BCUT2D eigenvalue weighted by Gasteiger charge is -2.06. The van der Waals surface area contributed by atoms with E-state index in [2.05, 4.69) is 15.1 Å². The summed E-state index contributed by atoms with van der Waals surface area (Å²) in [5, 5.41) is 13.4. The second-order valence-electron chi connectivity index (χ2n) is 5.26. The standard InChI is InChI=1S/C16H10N6O2/c17-7-10-6-12-13(20-15(10)23)2-5-21(16(12)24)9-11-8-19-22-4-1-3-18-14(11)22/h1-6,8H,9H2,(H,20,23). The summed E-state index contributed by atoms with van der Waals surface area (Å²) < 4.78 is 3.13. The Kier molecular flexibility index (Phi) is 2.99. The molecule has 0 saturated carbocycles. The average molecular weight is 318 g/mol. The van der Waals surface area contributed by atoms with Crippen LogP contribution in [0.3, 0.4) is 0 Å². The number of nitrogens with zero attached hydrogens (tertiary/aromatic N) is 5. The van der Waals surface area contributed by atoms with Gasteiger partial charge in [0.1, 0.15) is 11.6 Å². The van der Waals surface area contributed by atoms with Gasteiger partial charge in [0.25, 0.3) is 11.1 Å². The number of nitrogens with one attached hydrogen (secondary N) is 1. The largest absolute Gasteiger partial charge is 0.321 e. The Labute approximate surface area is 134 Å². The smallest absolute Gasteiger partial charge is 0.266 e. The van der Waals surface area contributed by atoms with Crippen molar-refractivity contribution in [2.45, 2.75) is 6.54 Å². The van der Waals surface area contributed by atoms with Crippen molar-refractivity contribution in [3.8, 4) is 6.07 Å². The number of hydrogen-bond donors (Lipinski definition) is 1. The molecule has 0 unspecified atom stereocenters. The van der Waals surface area contributed by atoms with E-state index in [4.69, 9.17) is 5.26 Å². The molecule has 0 radical (unpaired) electrons. The summed E-state index contributed by atoms with van der Waals surface area (Å²) in [5.74, 6) is 0. The number of hydrogen-bond acceptors (Lipinski definition) is 5. The van der Waals surface area contributed by atoms with Crippen LogP contribution in [-0.4, -0.2) is 24.1 Å². The maximum Gasteiger partial charge on any atom is 0.266 e. The molecule has 24 heavy (non-hydrogen) atoms. The van der Waals surface area contributed by atoms with Gasteiger partial charge in [0.2, 0.25) is 0 Å².